The summed E-state index contributed by atoms with van der Waals surface area (Å²) in [6.45, 7) is 4.38. The first-order valence-corrected chi connectivity index (χ1v) is 8.37. The fourth-order valence-corrected chi connectivity index (χ4v) is 3.16. The maximum atomic E-state index is 12.7. The summed E-state index contributed by atoms with van der Waals surface area (Å²) >= 11 is 0. The van der Waals surface area contributed by atoms with E-state index in [0.717, 1.165) is 12.8 Å². The summed E-state index contributed by atoms with van der Waals surface area (Å²) in [4.78, 5) is 27.4. The van der Waals surface area contributed by atoms with Gasteiger partial charge in [0, 0.05) is 37.8 Å². The second kappa shape index (κ2) is 6.76. The zero-order valence-corrected chi connectivity index (χ0v) is 14.1. The number of nitrogens with zero attached hydrogens (tertiary/aromatic N) is 3. The highest BCUT2D eigenvalue weighted by molar-refractivity contribution is 5.96. The molecule has 0 N–H and O–H groups in total. The van der Waals surface area contributed by atoms with Gasteiger partial charge in [0.2, 0.25) is 0 Å². The van der Waals surface area contributed by atoms with E-state index in [4.69, 9.17) is 4.74 Å². The molecule has 1 amide bonds. The standard InChI is InChI=1S/C17H23N3O4/c1-12(13-3-4-13)18(2)17(21)14-5-6-15(16(11-14)20(22)23)19-7-9-24-10-8-19/h5-6,11-13H,3-4,7-10H2,1-2H3. The lowest BCUT2D eigenvalue weighted by Crippen LogP contribution is -2.37. The molecule has 1 saturated heterocycles. The third-order valence-electron chi connectivity index (χ3n) is 5.01. The lowest BCUT2D eigenvalue weighted by atomic mass is 10.1. The summed E-state index contributed by atoms with van der Waals surface area (Å²) in [6, 6.07) is 4.95. The first-order valence-electron chi connectivity index (χ1n) is 8.37. The summed E-state index contributed by atoms with van der Waals surface area (Å²) in [5.41, 5.74) is 0.904. The second-order valence-corrected chi connectivity index (χ2v) is 6.55. The Hall–Kier alpha value is -2.15. The predicted molar refractivity (Wildman–Crippen MR) is 90.4 cm³/mol. The van der Waals surface area contributed by atoms with Crippen LogP contribution in [0, 0.1) is 16.0 Å². The van der Waals surface area contributed by atoms with Crippen molar-refractivity contribution in [2.24, 2.45) is 5.92 Å². The third-order valence-corrected chi connectivity index (χ3v) is 5.01. The first kappa shape index (κ1) is 16.7. The van der Waals surface area contributed by atoms with Crippen molar-refractivity contribution in [3.05, 3.63) is 33.9 Å². The summed E-state index contributed by atoms with van der Waals surface area (Å²) < 4.78 is 5.30. The fraction of sp³-hybridized carbons (Fsp3) is 0.588. The van der Waals surface area contributed by atoms with Crippen LogP contribution in [-0.4, -0.2) is 55.1 Å². The number of hydrogen-bond acceptors (Lipinski definition) is 5. The highest BCUT2D eigenvalue weighted by Crippen LogP contribution is 2.36. The Kier molecular flexibility index (Phi) is 4.71. The summed E-state index contributed by atoms with van der Waals surface area (Å²) in [7, 11) is 1.77. The van der Waals surface area contributed by atoms with Gasteiger partial charge in [0.25, 0.3) is 11.6 Å². The van der Waals surface area contributed by atoms with Crippen molar-refractivity contribution in [3.8, 4) is 0 Å². The van der Waals surface area contributed by atoms with Gasteiger partial charge in [-0.25, -0.2) is 0 Å². The number of nitro benzene ring substituents is 1. The molecule has 2 aliphatic rings. The number of benzene rings is 1. The molecule has 24 heavy (non-hydrogen) atoms. The van der Waals surface area contributed by atoms with Crippen LogP contribution in [0.4, 0.5) is 11.4 Å². The van der Waals surface area contributed by atoms with Gasteiger partial charge in [-0.1, -0.05) is 0 Å². The van der Waals surface area contributed by atoms with Crippen molar-refractivity contribution in [2.45, 2.75) is 25.8 Å². The van der Waals surface area contributed by atoms with Gasteiger partial charge >= 0.3 is 0 Å². The molecule has 1 aromatic rings. The van der Waals surface area contributed by atoms with Crippen LogP contribution < -0.4 is 4.90 Å². The smallest absolute Gasteiger partial charge is 0.293 e. The minimum atomic E-state index is -0.411. The van der Waals surface area contributed by atoms with Crippen LogP contribution in [0.15, 0.2) is 18.2 Å². The molecule has 7 heteroatoms. The largest absolute Gasteiger partial charge is 0.378 e. The maximum Gasteiger partial charge on any atom is 0.293 e. The van der Waals surface area contributed by atoms with E-state index in [1.807, 2.05) is 11.8 Å². The Labute approximate surface area is 141 Å². The number of hydrogen-bond donors (Lipinski definition) is 0. The molecule has 0 aromatic heterocycles. The van der Waals surface area contributed by atoms with Crippen LogP contribution in [0.3, 0.4) is 0 Å². The van der Waals surface area contributed by atoms with Crippen molar-refractivity contribution < 1.29 is 14.5 Å². The van der Waals surface area contributed by atoms with E-state index in [-0.39, 0.29) is 17.6 Å². The predicted octanol–water partition coefficient (Wildman–Crippen LogP) is 2.30. The van der Waals surface area contributed by atoms with E-state index in [0.29, 0.717) is 43.5 Å². The van der Waals surface area contributed by atoms with Crippen molar-refractivity contribution in [1.82, 2.24) is 4.90 Å². The van der Waals surface area contributed by atoms with E-state index >= 15 is 0 Å². The van der Waals surface area contributed by atoms with E-state index in [1.165, 1.54) is 6.07 Å². The van der Waals surface area contributed by atoms with Crippen molar-refractivity contribution in [3.63, 3.8) is 0 Å². The number of ether oxygens (including phenoxy) is 1. The molecule has 1 heterocycles. The Bertz CT molecular complexity index is 639. The number of rotatable bonds is 5. The topological polar surface area (TPSA) is 75.9 Å². The Morgan fingerprint density at radius 3 is 2.62 bits per heavy atom. The van der Waals surface area contributed by atoms with Gasteiger partial charge in [0.1, 0.15) is 5.69 Å². The lowest BCUT2D eigenvalue weighted by Gasteiger charge is -2.29. The minimum Gasteiger partial charge on any atom is -0.378 e. The van der Waals surface area contributed by atoms with Crippen LogP contribution >= 0.6 is 0 Å². The number of carbonyl (C=O) groups excluding carboxylic acids is 1. The zero-order valence-electron chi connectivity index (χ0n) is 14.1. The van der Waals surface area contributed by atoms with Crippen molar-refractivity contribution >= 4 is 17.3 Å². The molecule has 0 bridgehead atoms. The molecule has 1 atom stereocenters. The van der Waals surface area contributed by atoms with Gasteiger partial charge in [-0.2, -0.15) is 0 Å². The molecule has 1 aliphatic heterocycles. The highest BCUT2D eigenvalue weighted by Gasteiger charge is 2.33. The zero-order chi connectivity index (χ0) is 17.3. The van der Waals surface area contributed by atoms with Gasteiger partial charge in [-0.15, -0.1) is 0 Å². The van der Waals surface area contributed by atoms with E-state index in [1.54, 1.807) is 24.1 Å². The Balaban J connectivity index is 1.85. The average Bonchev–Trinajstić information content (AvgIpc) is 3.45. The molecule has 7 nitrogen and oxygen atoms in total. The number of carbonyl (C=O) groups is 1. The second-order valence-electron chi connectivity index (χ2n) is 6.55. The molecular weight excluding hydrogens is 310 g/mol. The third kappa shape index (κ3) is 3.36. The van der Waals surface area contributed by atoms with Gasteiger partial charge in [0.15, 0.2) is 0 Å². The van der Waals surface area contributed by atoms with E-state index < -0.39 is 4.92 Å². The maximum absolute atomic E-state index is 12.7. The molecule has 130 valence electrons. The average molecular weight is 333 g/mol. The van der Waals surface area contributed by atoms with Crippen LogP contribution in [0.25, 0.3) is 0 Å². The van der Waals surface area contributed by atoms with Crippen LogP contribution in [-0.2, 0) is 4.74 Å². The van der Waals surface area contributed by atoms with Gasteiger partial charge in [-0.05, 0) is 37.8 Å². The van der Waals surface area contributed by atoms with Gasteiger partial charge < -0.3 is 14.5 Å². The number of amides is 1. The Morgan fingerprint density at radius 2 is 2.04 bits per heavy atom. The summed E-state index contributed by atoms with van der Waals surface area (Å²) in [5, 5.41) is 11.5. The number of nitro groups is 1. The molecule has 2 fully saturated rings. The van der Waals surface area contributed by atoms with Crippen molar-refractivity contribution in [1.29, 1.82) is 0 Å². The molecule has 1 aliphatic carbocycles. The quantitative estimate of drug-likeness (QED) is 0.610. The number of anilines is 1. The Morgan fingerprint density at radius 1 is 1.38 bits per heavy atom. The monoisotopic (exact) mass is 333 g/mol. The van der Waals surface area contributed by atoms with Crippen LogP contribution in [0.2, 0.25) is 0 Å². The first-order chi connectivity index (χ1) is 11.5. The molecule has 0 spiro atoms. The van der Waals surface area contributed by atoms with E-state index in [9.17, 15) is 14.9 Å². The minimum absolute atomic E-state index is 0.0183. The summed E-state index contributed by atoms with van der Waals surface area (Å²) in [6.07, 6.45) is 2.30. The fourth-order valence-electron chi connectivity index (χ4n) is 3.16. The molecular formula is C17H23N3O4. The summed E-state index contributed by atoms with van der Waals surface area (Å²) in [5.74, 6) is 0.396. The van der Waals surface area contributed by atoms with Gasteiger partial charge in [-0.3, -0.25) is 14.9 Å². The molecule has 0 radical (unpaired) electrons. The molecule has 3 rings (SSSR count). The van der Waals surface area contributed by atoms with Crippen LogP contribution in [0.5, 0.6) is 0 Å². The molecule has 1 aromatic carbocycles. The van der Waals surface area contributed by atoms with Gasteiger partial charge in [0.05, 0.1) is 18.1 Å². The van der Waals surface area contributed by atoms with Crippen molar-refractivity contribution in [2.75, 3.05) is 38.3 Å². The molecule has 1 saturated carbocycles. The molecule has 1 unspecified atom stereocenters. The van der Waals surface area contributed by atoms with E-state index in [2.05, 4.69) is 0 Å². The SMILES string of the molecule is CC(C1CC1)N(C)C(=O)c1ccc(N2CCOCC2)c([N+](=O)[O-])c1. The normalized spacial score (nSPS) is 19.0. The number of morpholine rings is 1. The van der Waals surface area contributed by atoms with Crippen LogP contribution in [0.1, 0.15) is 30.1 Å². The lowest BCUT2D eigenvalue weighted by molar-refractivity contribution is -0.384. The highest BCUT2D eigenvalue weighted by atomic mass is 16.6.